The fourth-order valence-electron chi connectivity index (χ4n) is 5.08. The number of hydrogen-bond acceptors (Lipinski definition) is 6. The molecule has 0 amide bonds. The summed E-state index contributed by atoms with van der Waals surface area (Å²) in [6.45, 7) is 3.28. The Bertz CT molecular complexity index is 1710. The standard InChI is InChI=1S/C27H24ClFN6OS/c1-32-8-10-33(11-9-32)23-13-22-19(12-21(23)29)25(36)20(14-34(22)18-6-7-18)26-30-27-35(31-26)24(15-37-27)16-2-4-17(28)5-3-16/h2-5,12-15,18H,6-11H2,1H3. The van der Waals surface area contributed by atoms with E-state index in [4.69, 9.17) is 16.7 Å². The van der Waals surface area contributed by atoms with Crippen LogP contribution in [0, 0.1) is 5.82 Å². The minimum absolute atomic E-state index is 0.248. The van der Waals surface area contributed by atoms with Crippen molar-refractivity contribution in [2.75, 3.05) is 38.1 Å². The van der Waals surface area contributed by atoms with Crippen LogP contribution in [0.4, 0.5) is 10.1 Å². The second kappa shape index (κ2) is 8.65. The summed E-state index contributed by atoms with van der Waals surface area (Å²) in [5, 5.41) is 7.73. The average molecular weight is 535 g/mol. The maximum Gasteiger partial charge on any atom is 0.213 e. The third kappa shape index (κ3) is 3.93. The van der Waals surface area contributed by atoms with Crippen LogP contribution in [0.1, 0.15) is 18.9 Å². The largest absolute Gasteiger partial charge is 0.367 e. The van der Waals surface area contributed by atoms with Gasteiger partial charge in [-0.3, -0.25) is 4.79 Å². The van der Waals surface area contributed by atoms with Gasteiger partial charge < -0.3 is 14.4 Å². The molecule has 37 heavy (non-hydrogen) atoms. The molecule has 188 valence electrons. The number of thiazole rings is 1. The summed E-state index contributed by atoms with van der Waals surface area (Å²) in [5.74, 6) is -0.00984. The molecule has 3 aromatic heterocycles. The Kier molecular flexibility index (Phi) is 5.35. The normalized spacial score (nSPS) is 16.8. The number of likely N-dealkylation sites (N-methyl/N-ethyl adjacent to an activating group) is 1. The first kappa shape index (κ1) is 22.9. The lowest BCUT2D eigenvalue weighted by molar-refractivity contribution is 0.312. The van der Waals surface area contributed by atoms with Crippen molar-refractivity contribution in [3.63, 3.8) is 0 Å². The Morgan fingerprint density at radius 1 is 1.08 bits per heavy atom. The molecule has 0 unspecified atom stereocenters. The number of benzene rings is 2. The zero-order valence-electron chi connectivity index (χ0n) is 20.2. The zero-order chi connectivity index (χ0) is 25.3. The van der Waals surface area contributed by atoms with Crippen LogP contribution in [0.3, 0.4) is 0 Å². The maximum absolute atomic E-state index is 15.4. The van der Waals surface area contributed by atoms with Gasteiger partial charge in [-0.15, -0.1) is 16.4 Å². The Morgan fingerprint density at radius 2 is 1.84 bits per heavy atom. The molecule has 10 heteroatoms. The van der Waals surface area contributed by atoms with Gasteiger partial charge in [0.25, 0.3) is 0 Å². The van der Waals surface area contributed by atoms with Gasteiger partial charge in [-0.1, -0.05) is 23.7 Å². The summed E-state index contributed by atoms with van der Waals surface area (Å²) in [6.07, 6.45) is 3.94. The second-order valence-corrected chi connectivity index (χ2v) is 11.2. The Hall–Kier alpha value is -3.27. The predicted octanol–water partition coefficient (Wildman–Crippen LogP) is 5.32. The van der Waals surface area contributed by atoms with Crippen molar-refractivity contribution in [2.24, 2.45) is 0 Å². The fraction of sp³-hybridized carbons (Fsp3) is 0.296. The average Bonchev–Trinajstić information content (AvgIpc) is 3.54. The summed E-state index contributed by atoms with van der Waals surface area (Å²) >= 11 is 7.52. The number of fused-ring (bicyclic) bond motifs is 2. The second-order valence-electron chi connectivity index (χ2n) is 9.88. The number of pyridine rings is 1. The van der Waals surface area contributed by atoms with Crippen molar-refractivity contribution >= 4 is 44.5 Å². The van der Waals surface area contributed by atoms with Gasteiger partial charge in [0.1, 0.15) is 5.82 Å². The van der Waals surface area contributed by atoms with Crippen LogP contribution >= 0.6 is 22.9 Å². The van der Waals surface area contributed by atoms with Gasteiger partial charge >= 0.3 is 0 Å². The lowest BCUT2D eigenvalue weighted by Crippen LogP contribution is -2.44. The monoisotopic (exact) mass is 534 g/mol. The predicted molar refractivity (Wildman–Crippen MR) is 146 cm³/mol. The van der Waals surface area contributed by atoms with E-state index in [-0.39, 0.29) is 11.2 Å². The molecular weight excluding hydrogens is 511 g/mol. The summed E-state index contributed by atoms with van der Waals surface area (Å²) in [6, 6.07) is 11.1. The molecule has 2 aliphatic rings. The molecule has 0 spiro atoms. The first-order valence-corrected chi connectivity index (χ1v) is 13.6. The van der Waals surface area contributed by atoms with Crippen molar-refractivity contribution in [2.45, 2.75) is 18.9 Å². The Labute approximate surface area is 221 Å². The highest BCUT2D eigenvalue weighted by Crippen LogP contribution is 2.39. The highest BCUT2D eigenvalue weighted by molar-refractivity contribution is 7.15. The molecule has 1 saturated heterocycles. The summed E-state index contributed by atoms with van der Waals surface area (Å²) in [4.78, 5) is 23.4. The molecule has 0 radical (unpaired) electrons. The minimum atomic E-state index is -0.363. The SMILES string of the molecule is CN1CCN(c2cc3c(cc2F)c(=O)c(-c2nc4scc(-c5ccc(Cl)cc5)n4n2)cn3C2CC2)CC1. The van der Waals surface area contributed by atoms with E-state index < -0.39 is 0 Å². The van der Waals surface area contributed by atoms with Crippen LogP contribution in [0.5, 0.6) is 0 Å². The van der Waals surface area contributed by atoms with E-state index in [1.165, 1.54) is 17.4 Å². The molecule has 7 nitrogen and oxygen atoms in total. The molecule has 1 aliphatic heterocycles. The molecule has 0 atom stereocenters. The van der Waals surface area contributed by atoms with Gasteiger partial charge in [-0.05, 0) is 44.2 Å². The summed E-state index contributed by atoms with van der Waals surface area (Å²) in [7, 11) is 2.08. The first-order valence-electron chi connectivity index (χ1n) is 12.4. The van der Waals surface area contributed by atoms with E-state index in [9.17, 15) is 4.79 Å². The van der Waals surface area contributed by atoms with Crippen LogP contribution in [-0.2, 0) is 0 Å². The van der Waals surface area contributed by atoms with Crippen LogP contribution in [0.15, 0.2) is 52.8 Å². The van der Waals surface area contributed by atoms with Gasteiger partial charge in [0, 0.05) is 59.8 Å². The van der Waals surface area contributed by atoms with Crippen molar-refractivity contribution < 1.29 is 4.39 Å². The van der Waals surface area contributed by atoms with E-state index in [1.807, 2.05) is 41.9 Å². The molecule has 2 aromatic carbocycles. The van der Waals surface area contributed by atoms with Crippen molar-refractivity contribution in [1.82, 2.24) is 24.1 Å². The van der Waals surface area contributed by atoms with Gasteiger partial charge in [0.2, 0.25) is 10.4 Å². The molecule has 1 saturated carbocycles. The Balaban J connectivity index is 1.36. The number of aromatic nitrogens is 4. The lowest BCUT2D eigenvalue weighted by atomic mass is 10.1. The molecule has 5 aromatic rings. The number of anilines is 1. The summed E-state index contributed by atoms with van der Waals surface area (Å²) in [5.41, 5.74) is 3.32. The number of piperazine rings is 1. The van der Waals surface area contributed by atoms with Crippen molar-refractivity contribution in [1.29, 1.82) is 0 Å². The maximum atomic E-state index is 15.4. The van der Waals surface area contributed by atoms with Crippen molar-refractivity contribution in [3.8, 4) is 22.6 Å². The van der Waals surface area contributed by atoms with Gasteiger partial charge in [0.05, 0.1) is 22.5 Å². The zero-order valence-corrected chi connectivity index (χ0v) is 21.8. The third-order valence-corrected chi connectivity index (χ3v) is 8.42. The Morgan fingerprint density at radius 3 is 2.57 bits per heavy atom. The van der Waals surface area contributed by atoms with E-state index in [0.29, 0.717) is 38.5 Å². The molecule has 1 aliphatic carbocycles. The minimum Gasteiger partial charge on any atom is -0.367 e. The van der Waals surface area contributed by atoms with Gasteiger partial charge in [0.15, 0.2) is 5.82 Å². The molecule has 2 fully saturated rings. The number of rotatable bonds is 4. The smallest absolute Gasteiger partial charge is 0.213 e. The molecule has 0 N–H and O–H groups in total. The van der Waals surface area contributed by atoms with E-state index in [2.05, 4.69) is 26.4 Å². The van der Waals surface area contributed by atoms with E-state index in [0.717, 1.165) is 55.8 Å². The number of nitrogens with zero attached hydrogens (tertiary/aromatic N) is 6. The van der Waals surface area contributed by atoms with Crippen LogP contribution < -0.4 is 10.3 Å². The fourth-order valence-corrected chi connectivity index (χ4v) is 6.03. The van der Waals surface area contributed by atoms with E-state index in [1.54, 1.807) is 4.52 Å². The van der Waals surface area contributed by atoms with Gasteiger partial charge in [-0.25, -0.2) is 8.91 Å². The van der Waals surface area contributed by atoms with Crippen LogP contribution in [-0.4, -0.2) is 57.3 Å². The quantitative estimate of drug-likeness (QED) is 0.312. The van der Waals surface area contributed by atoms with E-state index >= 15 is 4.39 Å². The summed E-state index contributed by atoms with van der Waals surface area (Å²) < 4.78 is 19.3. The highest BCUT2D eigenvalue weighted by Gasteiger charge is 2.28. The topological polar surface area (TPSA) is 58.7 Å². The van der Waals surface area contributed by atoms with Gasteiger partial charge in [-0.2, -0.15) is 4.98 Å². The molecular formula is C27H24ClFN6OS. The first-order chi connectivity index (χ1) is 18.0. The van der Waals surface area contributed by atoms with Crippen molar-refractivity contribution in [3.05, 3.63) is 69.0 Å². The lowest BCUT2D eigenvalue weighted by Gasteiger charge is -2.34. The van der Waals surface area contributed by atoms with Crippen LogP contribution in [0.25, 0.3) is 38.5 Å². The molecule has 0 bridgehead atoms. The van der Waals surface area contributed by atoms with Crippen LogP contribution in [0.2, 0.25) is 5.02 Å². The molecule has 4 heterocycles. The number of hydrogen-bond donors (Lipinski definition) is 0. The number of halogens is 2. The molecule has 7 rings (SSSR count). The highest BCUT2D eigenvalue weighted by atomic mass is 35.5. The third-order valence-electron chi connectivity index (χ3n) is 7.35.